The number of benzene rings is 1. The van der Waals surface area contributed by atoms with Gasteiger partial charge in [0.05, 0.1) is 18.2 Å². The first-order chi connectivity index (χ1) is 17.0. The number of hydrogen-bond donors (Lipinski definition) is 1. The number of carbonyl (C=O) groups is 2. The van der Waals surface area contributed by atoms with Gasteiger partial charge in [0.25, 0.3) is 0 Å². The summed E-state index contributed by atoms with van der Waals surface area (Å²) in [6, 6.07) is 14.5. The van der Waals surface area contributed by atoms with Crippen molar-refractivity contribution in [3.8, 4) is 11.1 Å². The Kier molecular flexibility index (Phi) is 6.89. The van der Waals surface area contributed by atoms with Gasteiger partial charge in [-0.05, 0) is 75.0 Å². The molecule has 3 fully saturated rings. The summed E-state index contributed by atoms with van der Waals surface area (Å²) in [6.45, 7) is 4.21. The monoisotopic (exact) mass is 474 g/mol. The second-order valence-electron chi connectivity index (χ2n) is 10.1. The third-order valence-electron chi connectivity index (χ3n) is 8.13. The number of nitrogens with one attached hydrogen (secondary N) is 1. The van der Waals surface area contributed by atoms with Crippen LogP contribution in [0, 0.1) is 29.6 Å². The quantitative estimate of drug-likeness (QED) is 0.580. The molecule has 184 valence electrons. The lowest BCUT2D eigenvalue weighted by Crippen LogP contribution is -2.48. The smallest absolute Gasteiger partial charge is 0.407 e. The summed E-state index contributed by atoms with van der Waals surface area (Å²) in [4.78, 5) is 29.3. The number of ether oxygens (including phenoxy) is 2. The van der Waals surface area contributed by atoms with Crippen molar-refractivity contribution < 1.29 is 19.1 Å². The van der Waals surface area contributed by atoms with Crippen LogP contribution in [0.1, 0.15) is 45.2 Å². The molecule has 1 aromatic heterocycles. The fraction of sp³-hybridized carbons (Fsp3) is 0.483. The number of pyridine rings is 1. The first-order valence-corrected chi connectivity index (χ1v) is 12.9. The van der Waals surface area contributed by atoms with Gasteiger partial charge in [0.1, 0.15) is 6.10 Å². The summed E-state index contributed by atoms with van der Waals surface area (Å²) in [7, 11) is 0. The van der Waals surface area contributed by atoms with Gasteiger partial charge < -0.3 is 14.8 Å². The lowest BCUT2D eigenvalue weighted by atomic mass is 9.57. The van der Waals surface area contributed by atoms with Crippen molar-refractivity contribution in [2.45, 2.75) is 51.7 Å². The van der Waals surface area contributed by atoms with Gasteiger partial charge >= 0.3 is 12.1 Å². The van der Waals surface area contributed by atoms with E-state index >= 15 is 0 Å². The van der Waals surface area contributed by atoms with Gasteiger partial charge in [0.2, 0.25) is 0 Å². The van der Waals surface area contributed by atoms with Gasteiger partial charge in [-0.1, -0.05) is 42.5 Å². The number of hydrogen-bond acceptors (Lipinski definition) is 5. The van der Waals surface area contributed by atoms with Gasteiger partial charge in [-0.25, -0.2) is 4.79 Å². The molecule has 1 aliphatic heterocycles. The lowest BCUT2D eigenvalue weighted by molar-refractivity contribution is -0.144. The second kappa shape index (κ2) is 10.2. The summed E-state index contributed by atoms with van der Waals surface area (Å²) < 4.78 is 10.8. The minimum Gasteiger partial charge on any atom is -0.462 e. The Bertz CT molecular complexity index is 1070. The van der Waals surface area contributed by atoms with E-state index in [1.54, 1.807) is 0 Å². The number of esters is 1. The Balaban J connectivity index is 1.34. The highest BCUT2D eigenvalue weighted by molar-refractivity contribution is 5.75. The molecule has 1 amide bonds. The van der Waals surface area contributed by atoms with E-state index in [4.69, 9.17) is 9.47 Å². The minimum atomic E-state index is -0.347. The molecular formula is C29H34N2O4. The van der Waals surface area contributed by atoms with Gasteiger partial charge in [0.15, 0.2) is 0 Å². The molecule has 3 aliphatic rings. The number of rotatable bonds is 5. The van der Waals surface area contributed by atoms with Crippen molar-refractivity contribution >= 4 is 18.1 Å². The molecule has 1 N–H and O–H groups in total. The number of cyclic esters (lactones) is 1. The fourth-order valence-electron chi connectivity index (χ4n) is 6.60. The summed E-state index contributed by atoms with van der Waals surface area (Å²) >= 11 is 0. The van der Waals surface area contributed by atoms with Crippen molar-refractivity contribution in [2.24, 2.45) is 29.6 Å². The number of fused-ring (bicyclic) bond motifs is 2. The molecule has 5 rings (SSSR count). The minimum absolute atomic E-state index is 0.0647. The number of aromatic nitrogens is 1. The number of carbonyl (C=O) groups excluding carboxylic acids is 2. The largest absolute Gasteiger partial charge is 0.462 e. The molecule has 6 nitrogen and oxygen atoms in total. The molecule has 0 unspecified atom stereocenters. The molecule has 2 saturated carbocycles. The first-order valence-electron chi connectivity index (χ1n) is 12.9. The van der Waals surface area contributed by atoms with Crippen molar-refractivity contribution in [1.29, 1.82) is 0 Å². The van der Waals surface area contributed by atoms with Gasteiger partial charge in [-0.3, -0.25) is 9.78 Å². The van der Waals surface area contributed by atoms with E-state index in [1.165, 1.54) is 0 Å². The van der Waals surface area contributed by atoms with Crippen molar-refractivity contribution in [3.63, 3.8) is 0 Å². The molecule has 7 atom stereocenters. The van der Waals surface area contributed by atoms with Crippen LogP contribution < -0.4 is 5.32 Å². The van der Waals surface area contributed by atoms with Crippen molar-refractivity contribution in [3.05, 3.63) is 60.4 Å². The zero-order valence-corrected chi connectivity index (χ0v) is 20.4. The van der Waals surface area contributed by atoms with E-state index in [9.17, 15) is 9.59 Å². The lowest BCUT2D eigenvalue weighted by Gasteiger charge is -2.47. The van der Waals surface area contributed by atoms with Crippen LogP contribution in [0.5, 0.6) is 0 Å². The van der Waals surface area contributed by atoms with E-state index < -0.39 is 0 Å². The molecule has 2 heterocycles. The Morgan fingerprint density at radius 2 is 1.97 bits per heavy atom. The molecular weight excluding hydrogens is 440 g/mol. The normalized spacial score (nSPS) is 31.9. The van der Waals surface area contributed by atoms with E-state index in [2.05, 4.69) is 46.7 Å². The van der Waals surface area contributed by atoms with E-state index in [-0.39, 0.29) is 42.0 Å². The van der Waals surface area contributed by atoms with Crippen LogP contribution in [0.3, 0.4) is 0 Å². The Labute approximate surface area is 207 Å². The Hall–Kier alpha value is -3.15. The number of allylic oxidation sites excluding steroid dienone is 1. The standard InChI is InChI=1S/C29H34N2O4/c1-3-34-29(33)31-23-12-13-24-21(15-23)16-26-27(18(2)35-28(26)32)25(24)14-11-22-10-9-20(17-30-22)19-7-5-4-6-8-19/h4-11,14,17-18,21,23-27H,3,12-13,15-16H2,1-2H3,(H,31,33)/t18-,21+,23-,24-,25+,26-,27+/m1/s1. The van der Waals surface area contributed by atoms with Crippen LogP contribution in [0.2, 0.25) is 0 Å². The van der Waals surface area contributed by atoms with Crippen LogP contribution in [-0.2, 0) is 14.3 Å². The second-order valence-corrected chi connectivity index (χ2v) is 10.1. The molecule has 35 heavy (non-hydrogen) atoms. The van der Waals surface area contributed by atoms with Gasteiger partial charge in [0, 0.05) is 23.7 Å². The van der Waals surface area contributed by atoms with E-state index in [0.29, 0.717) is 18.4 Å². The molecule has 1 saturated heterocycles. The fourth-order valence-corrected chi connectivity index (χ4v) is 6.60. The highest BCUT2D eigenvalue weighted by Crippen LogP contribution is 2.53. The number of amides is 1. The molecule has 1 aromatic carbocycles. The van der Waals surface area contributed by atoms with E-state index in [0.717, 1.165) is 42.5 Å². The van der Waals surface area contributed by atoms with Crippen molar-refractivity contribution in [1.82, 2.24) is 10.3 Å². The SMILES string of the molecule is CCOC(=O)N[C@@H]1CC[C@@H]2[C@@H](C1)C[C@H]1C(=O)O[C@H](C)[C@H]1[C@H]2C=Cc1ccc(-c2ccccc2)cn1. The maximum absolute atomic E-state index is 12.7. The molecule has 2 aliphatic carbocycles. The molecule has 2 aromatic rings. The Morgan fingerprint density at radius 1 is 1.14 bits per heavy atom. The average Bonchev–Trinajstić information content (AvgIpc) is 3.15. The van der Waals surface area contributed by atoms with Crippen LogP contribution in [0.15, 0.2) is 54.7 Å². The van der Waals surface area contributed by atoms with Gasteiger partial charge in [-0.15, -0.1) is 0 Å². The Morgan fingerprint density at radius 3 is 2.71 bits per heavy atom. The van der Waals surface area contributed by atoms with Crippen LogP contribution >= 0.6 is 0 Å². The van der Waals surface area contributed by atoms with E-state index in [1.807, 2.05) is 38.2 Å². The maximum atomic E-state index is 12.7. The number of alkyl carbamates (subject to hydrolysis) is 1. The van der Waals surface area contributed by atoms with Crippen molar-refractivity contribution in [2.75, 3.05) is 6.61 Å². The zero-order chi connectivity index (χ0) is 24.4. The van der Waals surface area contributed by atoms with Crippen LogP contribution in [-0.4, -0.2) is 35.8 Å². The van der Waals surface area contributed by atoms with Crippen LogP contribution in [0.4, 0.5) is 4.79 Å². The summed E-state index contributed by atoms with van der Waals surface area (Å²) in [6.07, 6.45) is 9.53. The zero-order valence-electron chi connectivity index (χ0n) is 20.4. The molecule has 0 spiro atoms. The predicted molar refractivity (Wildman–Crippen MR) is 134 cm³/mol. The first kappa shape index (κ1) is 23.6. The molecule has 6 heteroatoms. The molecule has 0 bridgehead atoms. The maximum Gasteiger partial charge on any atom is 0.407 e. The third-order valence-corrected chi connectivity index (χ3v) is 8.13. The van der Waals surface area contributed by atoms with Crippen LogP contribution in [0.25, 0.3) is 17.2 Å². The third kappa shape index (κ3) is 4.97. The van der Waals surface area contributed by atoms with Gasteiger partial charge in [-0.2, -0.15) is 0 Å². The molecule has 0 radical (unpaired) electrons. The topological polar surface area (TPSA) is 77.5 Å². The highest BCUT2D eigenvalue weighted by atomic mass is 16.6. The summed E-state index contributed by atoms with van der Waals surface area (Å²) in [5.41, 5.74) is 3.16. The number of nitrogens with zero attached hydrogens (tertiary/aromatic N) is 1. The predicted octanol–water partition coefficient (Wildman–Crippen LogP) is 5.49. The summed E-state index contributed by atoms with van der Waals surface area (Å²) in [5, 5.41) is 3.02. The highest BCUT2D eigenvalue weighted by Gasteiger charge is 2.54. The average molecular weight is 475 g/mol. The summed E-state index contributed by atoms with van der Waals surface area (Å²) in [5.74, 6) is 1.14.